The van der Waals surface area contributed by atoms with Gasteiger partial charge in [-0.1, -0.05) is 0 Å². The Morgan fingerprint density at radius 2 is 2.21 bits per heavy atom. The van der Waals surface area contributed by atoms with Crippen LogP contribution < -0.4 is 10.5 Å². The van der Waals surface area contributed by atoms with E-state index in [2.05, 4.69) is 15.0 Å². The Morgan fingerprint density at radius 1 is 1.41 bits per heavy atom. The minimum atomic E-state index is -1.39. The molecule has 1 aromatic heterocycles. The first-order valence-electron chi connectivity index (χ1n) is 8.86. The molecule has 0 radical (unpaired) electrons. The second-order valence-electron chi connectivity index (χ2n) is 6.79. The zero-order valence-electron chi connectivity index (χ0n) is 16.0. The van der Waals surface area contributed by atoms with E-state index in [-0.39, 0.29) is 29.8 Å². The Labute approximate surface area is 166 Å². The fourth-order valence-corrected chi connectivity index (χ4v) is 3.11. The molecule has 1 aromatic carbocycles. The standard InChI is InChI=1S/C19H21F2N5O3/c1-26(2)18(22)25-19(10-28-6-5-12(19)9-27)14-7-13(3-4-15(14)20)29-17-16(21)8-23-11-24-17/h3-4,7-9,11-12H,5-6,10H2,1-2H3,(H2,22,25)/t12?,19-/m0/s1. The van der Waals surface area contributed by atoms with E-state index in [0.717, 1.165) is 24.9 Å². The van der Waals surface area contributed by atoms with E-state index in [9.17, 15) is 13.6 Å². The molecule has 1 aliphatic rings. The number of hydrogen-bond acceptors (Lipinski definition) is 6. The summed E-state index contributed by atoms with van der Waals surface area (Å²) in [7, 11) is 3.36. The zero-order chi connectivity index (χ0) is 21.0. The number of aldehydes is 1. The van der Waals surface area contributed by atoms with Crippen molar-refractivity contribution in [3.8, 4) is 11.6 Å². The summed E-state index contributed by atoms with van der Waals surface area (Å²) in [6.07, 6.45) is 3.16. The lowest BCUT2D eigenvalue weighted by molar-refractivity contribution is -0.118. The van der Waals surface area contributed by atoms with E-state index >= 15 is 0 Å². The first-order valence-corrected chi connectivity index (χ1v) is 8.86. The number of carbonyl (C=O) groups excluding carboxylic acids is 1. The SMILES string of the molecule is CN(C)C(N)=N[C@@]1(c2cc(Oc3ncncc3F)ccc2F)COCCC1C=O. The topological polar surface area (TPSA) is 103 Å². The molecule has 3 rings (SSSR count). The van der Waals surface area contributed by atoms with Crippen LogP contribution in [-0.2, 0) is 15.1 Å². The number of aliphatic imine (C=N–C) groups is 1. The Morgan fingerprint density at radius 3 is 2.90 bits per heavy atom. The van der Waals surface area contributed by atoms with Crippen molar-refractivity contribution in [1.82, 2.24) is 14.9 Å². The maximum atomic E-state index is 14.9. The van der Waals surface area contributed by atoms with Gasteiger partial charge in [0.2, 0.25) is 5.82 Å². The number of carbonyl (C=O) groups is 1. The van der Waals surface area contributed by atoms with Crippen LogP contribution in [0.4, 0.5) is 8.78 Å². The van der Waals surface area contributed by atoms with E-state index in [1.807, 2.05) is 0 Å². The van der Waals surface area contributed by atoms with Gasteiger partial charge in [0.05, 0.1) is 12.8 Å². The third-order valence-corrected chi connectivity index (χ3v) is 4.70. The number of aromatic nitrogens is 2. The molecule has 154 valence electrons. The molecule has 2 aromatic rings. The van der Waals surface area contributed by atoms with Gasteiger partial charge in [0.25, 0.3) is 5.88 Å². The van der Waals surface area contributed by atoms with Crippen LogP contribution in [0.25, 0.3) is 0 Å². The zero-order valence-corrected chi connectivity index (χ0v) is 16.0. The van der Waals surface area contributed by atoms with Gasteiger partial charge in [-0.25, -0.2) is 14.4 Å². The predicted molar refractivity (Wildman–Crippen MR) is 100 cm³/mol. The molecule has 0 amide bonds. The number of guanidine groups is 1. The summed E-state index contributed by atoms with van der Waals surface area (Å²) >= 11 is 0. The monoisotopic (exact) mass is 405 g/mol. The average molecular weight is 405 g/mol. The van der Waals surface area contributed by atoms with E-state index in [1.165, 1.54) is 12.1 Å². The van der Waals surface area contributed by atoms with Crippen LogP contribution in [0, 0.1) is 17.6 Å². The summed E-state index contributed by atoms with van der Waals surface area (Å²) in [4.78, 5) is 25.1. The van der Waals surface area contributed by atoms with E-state index in [1.54, 1.807) is 19.0 Å². The van der Waals surface area contributed by atoms with Crippen molar-refractivity contribution >= 4 is 12.2 Å². The van der Waals surface area contributed by atoms with Crippen molar-refractivity contribution in [2.24, 2.45) is 16.6 Å². The van der Waals surface area contributed by atoms with Crippen molar-refractivity contribution in [3.63, 3.8) is 0 Å². The second-order valence-corrected chi connectivity index (χ2v) is 6.79. The minimum Gasteiger partial charge on any atom is -0.436 e. The number of nitrogens with zero attached hydrogens (tertiary/aromatic N) is 4. The van der Waals surface area contributed by atoms with Gasteiger partial charge in [-0.15, -0.1) is 0 Å². The van der Waals surface area contributed by atoms with Crippen molar-refractivity contribution in [1.29, 1.82) is 0 Å². The highest BCUT2D eigenvalue weighted by Crippen LogP contribution is 2.41. The van der Waals surface area contributed by atoms with Crippen LogP contribution in [0.1, 0.15) is 12.0 Å². The fourth-order valence-electron chi connectivity index (χ4n) is 3.11. The summed E-state index contributed by atoms with van der Waals surface area (Å²) < 4.78 is 39.8. The van der Waals surface area contributed by atoms with Crippen LogP contribution in [0.5, 0.6) is 11.6 Å². The molecule has 2 atom stereocenters. The van der Waals surface area contributed by atoms with E-state index in [0.29, 0.717) is 13.0 Å². The normalized spacial score (nSPS) is 22.2. The van der Waals surface area contributed by atoms with E-state index in [4.69, 9.17) is 15.2 Å². The fraction of sp³-hybridized carbons (Fsp3) is 0.368. The smallest absolute Gasteiger partial charge is 0.259 e. The molecule has 1 unspecified atom stereocenters. The molecule has 10 heteroatoms. The largest absolute Gasteiger partial charge is 0.436 e. The number of ether oxygens (including phenoxy) is 2. The van der Waals surface area contributed by atoms with Gasteiger partial charge in [0.15, 0.2) is 5.96 Å². The van der Waals surface area contributed by atoms with Gasteiger partial charge < -0.3 is 24.9 Å². The Hall–Kier alpha value is -3.14. The Kier molecular flexibility index (Phi) is 6.02. The molecule has 8 nitrogen and oxygen atoms in total. The lowest BCUT2D eigenvalue weighted by atomic mass is 9.76. The number of halogens is 2. The quantitative estimate of drug-likeness (QED) is 0.460. The van der Waals surface area contributed by atoms with Crippen LogP contribution in [0.3, 0.4) is 0 Å². The van der Waals surface area contributed by atoms with Gasteiger partial charge in [-0.2, -0.15) is 9.37 Å². The van der Waals surface area contributed by atoms with Crippen molar-refractivity contribution in [2.45, 2.75) is 12.0 Å². The molecule has 0 spiro atoms. The summed E-state index contributed by atoms with van der Waals surface area (Å²) in [5, 5.41) is 0. The molecule has 2 heterocycles. The molecule has 29 heavy (non-hydrogen) atoms. The molecule has 0 aliphatic carbocycles. The van der Waals surface area contributed by atoms with Crippen molar-refractivity contribution in [3.05, 3.63) is 47.9 Å². The van der Waals surface area contributed by atoms with E-state index < -0.39 is 23.1 Å². The maximum Gasteiger partial charge on any atom is 0.259 e. The van der Waals surface area contributed by atoms with Gasteiger partial charge >= 0.3 is 0 Å². The molecular formula is C19H21F2N5O3. The summed E-state index contributed by atoms with van der Waals surface area (Å²) in [5.41, 5.74) is 4.68. The second kappa shape index (κ2) is 8.48. The van der Waals surface area contributed by atoms with Crippen molar-refractivity contribution < 1.29 is 23.0 Å². The van der Waals surface area contributed by atoms with Gasteiger partial charge in [-0.3, -0.25) is 0 Å². The van der Waals surface area contributed by atoms with Gasteiger partial charge in [0.1, 0.15) is 29.7 Å². The lowest BCUT2D eigenvalue weighted by Gasteiger charge is -2.39. The van der Waals surface area contributed by atoms with Crippen LogP contribution in [0.2, 0.25) is 0 Å². The summed E-state index contributed by atoms with van der Waals surface area (Å²) in [6, 6.07) is 3.84. The number of hydrogen-bond donors (Lipinski definition) is 1. The van der Waals surface area contributed by atoms with Crippen LogP contribution in [-0.4, -0.2) is 54.4 Å². The van der Waals surface area contributed by atoms with Crippen LogP contribution in [0.15, 0.2) is 35.7 Å². The van der Waals surface area contributed by atoms with Gasteiger partial charge in [-0.05, 0) is 24.6 Å². The lowest BCUT2D eigenvalue weighted by Crippen LogP contribution is -2.47. The number of rotatable bonds is 5. The maximum absolute atomic E-state index is 14.9. The third kappa shape index (κ3) is 4.16. The molecule has 0 bridgehead atoms. The highest BCUT2D eigenvalue weighted by Gasteiger charge is 2.45. The molecule has 1 saturated heterocycles. The van der Waals surface area contributed by atoms with Crippen LogP contribution >= 0.6 is 0 Å². The molecule has 0 saturated carbocycles. The van der Waals surface area contributed by atoms with Crippen molar-refractivity contribution in [2.75, 3.05) is 27.3 Å². The first kappa shape index (κ1) is 20.6. The summed E-state index contributed by atoms with van der Waals surface area (Å²) in [6.45, 7) is 0.291. The molecule has 1 fully saturated rings. The number of benzene rings is 1. The highest BCUT2D eigenvalue weighted by atomic mass is 19.1. The molecule has 1 aliphatic heterocycles. The highest BCUT2D eigenvalue weighted by molar-refractivity contribution is 5.78. The Bertz CT molecular complexity index is 924. The van der Waals surface area contributed by atoms with Gasteiger partial charge in [0, 0.05) is 32.2 Å². The Balaban J connectivity index is 2.11. The average Bonchev–Trinajstić information content (AvgIpc) is 2.71. The first-order chi connectivity index (χ1) is 13.9. The molecule has 2 N–H and O–H groups in total. The third-order valence-electron chi connectivity index (χ3n) is 4.70. The predicted octanol–water partition coefficient (Wildman–Crippen LogP) is 1.85. The summed E-state index contributed by atoms with van der Waals surface area (Å²) in [5.74, 6) is -2.14. The minimum absolute atomic E-state index is 0.0484. The molecular weight excluding hydrogens is 384 g/mol. The number of nitrogens with two attached hydrogens (primary N) is 1.